The molecule has 0 fully saturated rings. The van der Waals surface area contributed by atoms with E-state index in [-0.39, 0.29) is 5.82 Å². The van der Waals surface area contributed by atoms with Gasteiger partial charge in [-0.3, -0.25) is 0 Å². The van der Waals surface area contributed by atoms with Crippen molar-refractivity contribution in [3.8, 4) is 0 Å². The zero-order valence-electron chi connectivity index (χ0n) is 9.74. The summed E-state index contributed by atoms with van der Waals surface area (Å²) in [5, 5.41) is 0.492. The van der Waals surface area contributed by atoms with E-state index in [4.69, 9.17) is 11.6 Å². The highest BCUT2D eigenvalue weighted by atomic mass is 35.5. The number of anilines is 1. The second kappa shape index (κ2) is 4.58. The summed E-state index contributed by atoms with van der Waals surface area (Å²) < 4.78 is 13.3. The molecule has 2 heterocycles. The van der Waals surface area contributed by atoms with Gasteiger partial charge in [-0.1, -0.05) is 23.7 Å². The molecule has 0 spiro atoms. The number of rotatable bonds is 2. The van der Waals surface area contributed by atoms with Gasteiger partial charge in [0, 0.05) is 25.0 Å². The minimum absolute atomic E-state index is 0.185. The van der Waals surface area contributed by atoms with Gasteiger partial charge in [0.2, 0.25) is 0 Å². The molecule has 1 aromatic heterocycles. The quantitative estimate of drug-likeness (QED) is 0.771. The Hall–Kier alpha value is -1.61. The Kier molecular flexibility index (Phi) is 2.92. The molecule has 1 aliphatic heterocycles. The normalized spacial score (nSPS) is 13.8. The molecule has 1 aliphatic rings. The number of benzene rings is 1. The third-order valence-corrected chi connectivity index (χ3v) is 3.42. The summed E-state index contributed by atoms with van der Waals surface area (Å²) in [7, 11) is 0. The molecular weight excluding hydrogens is 251 g/mol. The zero-order valence-corrected chi connectivity index (χ0v) is 10.5. The molecule has 0 aliphatic carbocycles. The van der Waals surface area contributed by atoms with E-state index in [1.807, 2.05) is 12.1 Å². The lowest BCUT2D eigenvalue weighted by Crippen LogP contribution is -2.19. The number of aromatic nitrogens is 1. The van der Waals surface area contributed by atoms with Crippen molar-refractivity contribution in [1.29, 1.82) is 0 Å². The lowest BCUT2D eigenvalue weighted by Gasteiger charge is -2.19. The van der Waals surface area contributed by atoms with Crippen LogP contribution in [0.1, 0.15) is 11.1 Å². The summed E-state index contributed by atoms with van der Waals surface area (Å²) in [5.41, 5.74) is 3.28. The van der Waals surface area contributed by atoms with Crippen molar-refractivity contribution in [2.45, 2.75) is 13.0 Å². The van der Waals surface area contributed by atoms with E-state index >= 15 is 0 Å². The second-order valence-electron chi connectivity index (χ2n) is 4.43. The van der Waals surface area contributed by atoms with Crippen LogP contribution in [-0.4, -0.2) is 11.5 Å². The van der Waals surface area contributed by atoms with Gasteiger partial charge in [-0.15, -0.1) is 0 Å². The molecule has 92 valence electrons. The third-order valence-electron chi connectivity index (χ3n) is 3.20. The Labute approximate surface area is 110 Å². The molecule has 0 saturated carbocycles. The van der Waals surface area contributed by atoms with Crippen LogP contribution in [0.2, 0.25) is 5.15 Å². The highest BCUT2D eigenvalue weighted by Crippen LogP contribution is 2.29. The summed E-state index contributed by atoms with van der Waals surface area (Å²) in [4.78, 5) is 6.23. The Bertz CT molecular complexity index is 569. The maximum Gasteiger partial charge on any atom is 0.129 e. The molecule has 18 heavy (non-hydrogen) atoms. The predicted molar refractivity (Wildman–Crippen MR) is 70.4 cm³/mol. The minimum Gasteiger partial charge on any atom is -0.367 e. The fourth-order valence-corrected chi connectivity index (χ4v) is 2.42. The highest BCUT2D eigenvalue weighted by Gasteiger charge is 2.19. The van der Waals surface area contributed by atoms with Gasteiger partial charge in [0.15, 0.2) is 0 Å². The number of nitrogens with zero attached hydrogens (tertiary/aromatic N) is 2. The van der Waals surface area contributed by atoms with E-state index < -0.39 is 0 Å². The predicted octanol–water partition coefficient (Wildman–Crippen LogP) is 3.44. The summed E-state index contributed by atoms with van der Waals surface area (Å²) in [5.74, 6) is -0.185. The first-order chi connectivity index (χ1) is 8.72. The summed E-state index contributed by atoms with van der Waals surface area (Å²) in [6.45, 7) is 1.65. The van der Waals surface area contributed by atoms with Crippen molar-refractivity contribution in [3.63, 3.8) is 0 Å². The van der Waals surface area contributed by atoms with Crippen LogP contribution >= 0.6 is 11.6 Å². The van der Waals surface area contributed by atoms with Gasteiger partial charge < -0.3 is 4.90 Å². The Morgan fingerprint density at radius 1 is 1.28 bits per heavy atom. The van der Waals surface area contributed by atoms with Crippen LogP contribution in [0.4, 0.5) is 10.1 Å². The molecule has 0 radical (unpaired) electrons. The van der Waals surface area contributed by atoms with Crippen LogP contribution in [0.5, 0.6) is 0 Å². The molecule has 0 saturated heterocycles. The van der Waals surface area contributed by atoms with Crippen LogP contribution in [-0.2, 0) is 13.0 Å². The average molecular weight is 263 g/mol. The fraction of sp³-hybridized carbons (Fsp3) is 0.214. The fourth-order valence-electron chi connectivity index (χ4n) is 2.30. The number of halogens is 2. The maximum atomic E-state index is 13.3. The lowest BCUT2D eigenvalue weighted by molar-refractivity contribution is 0.627. The molecule has 0 atom stereocenters. The largest absolute Gasteiger partial charge is 0.367 e. The molecule has 0 N–H and O–H groups in total. The van der Waals surface area contributed by atoms with Gasteiger partial charge in [-0.05, 0) is 35.7 Å². The molecular formula is C14H12ClFN2. The van der Waals surface area contributed by atoms with E-state index in [1.165, 1.54) is 11.6 Å². The van der Waals surface area contributed by atoms with E-state index in [9.17, 15) is 4.39 Å². The molecule has 2 nitrogen and oxygen atoms in total. The first kappa shape index (κ1) is 11.5. The highest BCUT2D eigenvalue weighted by molar-refractivity contribution is 6.29. The molecule has 1 aromatic carbocycles. The van der Waals surface area contributed by atoms with Gasteiger partial charge in [-0.2, -0.15) is 0 Å². The Balaban J connectivity index is 1.84. The summed E-state index contributed by atoms with van der Waals surface area (Å²) >= 11 is 5.76. The van der Waals surface area contributed by atoms with E-state index in [2.05, 4.69) is 9.88 Å². The Morgan fingerprint density at radius 2 is 2.17 bits per heavy atom. The van der Waals surface area contributed by atoms with E-state index in [0.29, 0.717) is 5.15 Å². The average Bonchev–Trinajstić information content (AvgIpc) is 2.75. The number of fused-ring (bicyclic) bond motifs is 1. The van der Waals surface area contributed by atoms with Gasteiger partial charge in [-0.25, -0.2) is 9.37 Å². The topological polar surface area (TPSA) is 16.1 Å². The summed E-state index contributed by atoms with van der Waals surface area (Å²) in [6.07, 6.45) is 2.73. The smallest absolute Gasteiger partial charge is 0.129 e. The van der Waals surface area contributed by atoms with Crippen molar-refractivity contribution >= 4 is 17.3 Å². The second-order valence-corrected chi connectivity index (χ2v) is 4.82. The van der Waals surface area contributed by atoms with Crippen LogP contribution < -0.4 is 4.90 Å². The van der Waals surface area contributed by atoms with Crippen molar-refractivity contribution in [1.82, 2.24) is 4.98 Å². The van der Waals surface area contributed by atoms with Gasteiger partial charge >= 0.3 is 0 Å². The summed E-state index contributed by atoms with van der Waals surface area (Å²) in [6, 6.07) is 8.72. The maximum absolute atomic E-state index is 13.3. The van der Waals surface area contributed by atoms with E-state index in [1.54, 1.807) is 18.3 Å². The number of hydrogen-bond acceptors (Lipinski definition) is 2. The number of hydrogen-bond donors (Lipinski definition) is 0. The Morgan fingerprint density at radius 3 is 2.94 bits per heavy atom. The molecule has 0 bridgehead atoms. The van der Waals surface area contributed by atoms with Gasteiger partial charge in [0.05, 0.1) is 0 Å². The van der Waals surface area contributed by atoms with Crippen LogP contribution in [0, 0.1) is 5.82 Å². The van der Waals surface area contributed by atoms with Crippen molar-refractivity contribution < 1.29 is 4.39 Å². The van der Waals surface area contributed by atoms with Crippen LogP contribution in [0.15, 0.2) is 36.5 Å². The molecule has 0 amide bonds. The SMILES string of the molecule is Fc1ccc2c(c1)N(Cc1ccc(Cl)nc1)CC2. The van der Waals surface area contributed by atoms with Crippen molar-refractivity contribution in [3.05, 3.63) is 58.6 Å². The molecule has 2 aromatic rings. The van der Waals surface area contributed by atoms with E-state index in [0.717, 1.165) is 30.8 Å². The standard InChI is InChI=1S/C14H12ClFN2/c15-14-4-1-10(8-17-14)9-18-6-5-11-2-3-12(16)7-13(11)18/h1-4,7-8H,5-6,9H2. The van der Waals surface area contributed by atoms with Crippen LogP contribution in [0.3, 0.4) is 0 Å². The third kappa shape index (κ3) is 2.18. The first-order valence-corrected chi connectivity index (χ1v) is 6.24. The molecule has 4 heteroatoms. The first-order valence-electron chi connectivity index (χ1n) is 5.86. The molecule has 0 unspecified atom stereocenters. The monoisotopic (exact) mass is 262 g/mol. The van der Waals surface area contributed by atoms with Crippen LogP contribution in [0.25, 0.3) is 0 Å². The number of pyridine rings is 1. The van der Waals surface area contributed by atoms with Crippen molar-refractivity contribution in [2.24, 2.45) is 0 Å². The zero-order chi connectivity index (χ0) is 12.5. The minimum atomic E-state index is -0.185. The van der Waals surface area contributed by atoms with Gasteiger partial charge in [0.25, 0.3) is 0 Å². The van der Waals surface area contributed by atoms with Gasteiger partial charge in [0.1, 0.15) is 11.0 Å². The molecule has 3 rings (SSSR count). The van der Waals surface area contributed by atoms with Crippen molar-refractivity contribution in [2.75, 3.05) is 11.4 Å². The lowest BCUT2D eigenvalue weighted by atomic mass is 10.1.